The maximum atomic E-state index is 10.6. The molecule has 0 aliphatic rings. The molecule has 67 valence electrons. The second-order valence-corrected chi connectivity index (χ2v) is 2.59. The third-order valence-electron chi connectivity index (χ3n) is 1.73. The van der Waals surface area contributed by atoms with Crippen molar-refractivity contribution in [2.45, 2.75) is 5.92 Å². The zero-order valence-electron chi connectivity index (χ0n) is 7.23. The Morgan fingerprint density at radius 3 is 2.38 bits per heavy atom. The van der Waals surface area contributed by atoms with Gasteiger partial charge in [-0.25, -0.2) is 0 Å². The van der Waals surface area contributed by atoms with Crippen molar-refractivity contribution in [2.24, 2.45) is 0 Å². The molecule has 1 N–H and O–H groups in total. The maximum Gasteiger partial charge on any atom is 0.269 e. The molecule has 0 aromatic heterocycles. The molecule has 0 aliphatic heterocycles. The summed E-state index contributed by atoms with van der Waals surface area (Å²) in [6.45, 7) is 7.25. The summed E-state index contributed by atoms with van der Waals surface area (Å²) >= 11 is 0. The van der Waals surface area contributed by atoms with Crippen LogP contribution in [0, 0.1) is 13.8 Å². The molecule has 1 atom stereocenters. The van der Waals surface area contributed by atoms with Crippen LogP contribution in [0.1, 0.15) is 17.0 Å². The van der Waals surface area contributed by atoms with Crippen LogP contribution in [-0.4, -0.2) is 11.1 Å². The number of carboxylic acid groups (broad SMARTS) is 1. The second-order valence-electron chi connectivity index (χ2n) is 2.59. The second kappa shape index (κ2) is 5.41. The van der Waals surface area contributed by atoms with E-state index in [-0.39, 0.29) is 32.7 Å². The minimum Gasteiger partial charge on any atom is -0.483 e. The molecule has 0 heterocycles. The molecule has 0 saturated carbocycles. The van der Waals surface area contributed by atoms with Gasteiger partial charge in [0.25, 0.3) is 5.97 Å². The van der Waals surface area contributed by atoms with Gasteiger partial charge in [0, 0.05) is 32.7 Å². The molecular formula is C10H10O2Y-2. The van der Waals surface area contributed by atoms with Gasteiger partial charge < -0.3 is 12.0 Å². The SMILES string of the molecule is [CH2-]c1ccccc1C([CH2-])C(=O)O.[Y]. The van der Waals surface area contributed by atoms with Crippen LogP contribution in [0.2, 0.25) is 0 Å². The molecule has 0 amide bonds. The van der Waals surface area contributed by atoms with Gasteiger partial charge in [-0.3, -0.25) is 4.79 Å². The Bertz CT molecular complexity index is 297. The fraction of sp³-hybridized carbons (Fsp3) is 0.100. The van der Waals surface area contributed by atoms with Crippen LogP contribution in [0.5, 0.6) is 0 Å². The number of rotatable bonds is 2. The maximum absolute atomic E-state index is 10.6. The number of carboxylic acids is 1. The first-order valence-electron chi connectivity index (χ1n) is 3.59. The summed E-state index contributed by atoms with van der Waals surface area (Å²) in [5.41, 5.74) is 1.39. The smallest absolute Gasteiger partial charge is 0.269 e. The molecular weight excluding hydrogens is 241 g/mol. The van der Waals surface area contributed by atoms with E-state index in [1.807, 2.05) is 6.07 Å². The molecule has 1 radical (unpaired) electrons. The van der Waals surface area contributed by atoms with E-state index in [0.29, 0.717) is 5.56 Å². The molecule has 0 bridgehead atoms. The van der Waals surface area contributed by atoms with Crippen LogP contribution in [0.25, 0.3) is 0 Å². The van der Waals surface area contributed by atoms with Crippen LogP contribution in [0.3, 0.4) is 0 Å². The van der Waals surface area contributed by atoms with Gasteiger partial charge >= 0.3 is 0 Å². The van der Waals surface area contributed by atoms with Gasteiger partial charge in [0.1, 0.15) is 0 Å². The average Bonchev–Trinajstić information content (AvgIpc) is 2.04. The van der Waals surface area contributed by atoms with Gasteiger partial charge in [-0.05, 0) is 0 Å². The van der Waals surface area contributed by atoms with Crippen LogP contribution >= 0.6 is 0 Å². The van der Waals surface area contributed by atoms with Crippen LogP contribution in [0.4, 0.5) is 0 Å². The van der Waals surface area contributed by atoms with Crippen molar-refractivity contribution in [3.05, 3.63) is 49.2 Å². The molecule has 3 heteroatoms. The molecule has 0 fully saturated rings. The van der Waals surface area contributed by atoms with E-state index < -0.39 is 11.9 Å². The van der Waals surface area contributed by atoms with Gasteiger partial charge in [-0.1, -0.05) is 12.0 Å². The van der Waals surface area contributed by atoms with E-state index in [2.05, 4.69) is 13.8 Å². The number of aliphatic carboxylic acids is 1. The summed E-state index contributed by atoms with van der Waals surface area (Å²) in [5, 5.41) is 8.67. The molecule has 13 heavy (non-hydrogen) atoms. The van der Waals surface area contributed by atoms with Crippen LogP contribution in [0.15, 0.2) is 24.3 Å². The first kappa shape index (κ1) is 12.7. The fourth-order valence-electron chi connectivity index (χ4n) is 1.01. The van der Waals surface area contributed by atoms with E-state index >= 15 is 0 Å². The van der Waals surface area contributed by atoms with E-state index in [9.17, 15) is 4.79 Å². The zero-order valence-corrected chi connectivity index (χ0v) is 10.1. The van der Waals surface area contributed by atoms with E-state index in [1.54, 1.807) is 18.2 Å². The number of benzene rings is 1. The van der Waals surface area contributed by atoms with Crippen molar-refractivity contribution in [3.8, 4) is 0 Å². The third-order valence-corrected chi connectivity index (χ3v) is 1.73. The number of hydrogen-bond donors (Lipinski definition) is 1. The molecule has 0 aliphatic carbocycles. The van der Waals surface area contributed by atoms with Gasteiger partial charge in [0.15, 0.2) is 0 Å². The van der Waals surface area contributed by atoms with E-state index in [4.69, 9.17) is 5.11 Å². The third kappa shape index (κ3) is 3.13. The Hall–Kier alpha value is -0.336. The largest absolute Gasteiger partial charge is 0.483 e. The average molecular weight is 251 g/mol. The van der Waals surface area contributed by atoms with Gasteiger partial charge in [0.05, 0.1) is 0 Å². The summed E-state index contributed by atoms with van der Waals surface area (Å²) in [4.78, 5) is 10.6. The summed E-state index contributed by atoms with van der Waals surface area (Å²) in [6.07, 6.45) is 0. The summed E-state index contributed by atoms with van der Waals surface area (Å²) in [6, 6.07) is 7.11. The van der Waals surface area contributed by atoms with E-state index in [0.717, 1.165) is 5.56 Å². The van der Waals surface area contributed by atoms with E-state index in [1.165, 1.54) is 0 Å². The monoisotopic (exact) mass is 251 g/mol. The minimum absolute atomic E-state index is 0. The topological polar surface area (TPSA) is 37.3 Å². The van der Waals surface area contributed by atoms with Crippen molar-refractivity contribution in [1.82, 2.24) is 0 Å². The van der Waals surface area contributed by atoms with Crippen molar-refractivity contribution in [1.29, 1.82) is 0 Å². The van der Waals surface area contributed by atoms with Gasteiger partial charge in [0.2, 0.25) is 0 Å². The number of carbonyl (C=O) groups is 1. The fourth-order valence-corrected chi connectivity index (χ4v) is 1.01. The molecule has 0 saturated heterocycles. The van der Waals surface area contributed by atoms with Crippen molar-refractivity contribution >= 4 is 5.97 Å². The van der Waals surface area contributed by atoms with Gasteiger partial charge in [-0.2, -0.15) is 24.1 Å². The van der Waals surface area contributed by atoms with Gasteiger partial charge in [-0.15, -0.1) is 12.1 Å². The summed E-state index contributed by atoms with van der Waals surface area (Å²) in [5.74, 6) is -1.65. The van der Waals surface area contributed by atoms with Crippen LogP contribution < -0.4 is 0 Å². The number of hydrogen-bond acceptors (Lipinski definition) is 1. The van der Waals surface area contributed by atoms with Crippen molar-refractivity contribution in [2.75, 3.05) is 0 Å². The molecule has 1 aromatic rings. The normalized spacial score (nSPS) is 11.5. The minimum atomic E-state index is -0.925. The predicted octanol–water partition coefficient (Wildman–Crippen LogP) is 1.87. The molecule has 1 unspecified atom stereocenters. The van der Waals surface area contributed by atoms with Crippen molar-refractivity contribution < 1.29 is 42.6 Å². The zero-order chi connectivity index (χ0) is 9.14. The summed E-state index contributed by atoms with van der Waals surface area (Å²) in [7, 11) is 0. The Labute approximate surface area is 103 Å². The first-order chi connectivity index (χ1) is 5.63. The molecule has 2 nitrogen and oxygen atoms in total. The summed E-state index contributed by atoms with van der Waals surface area (Å²) < 4.78 is 0. The standard InChI is InChI=1S/C10H10O2.Y/c1-7-5-3-4-6-9(7)8(2)10(11)12;/h3-6,8H,1-2H2,(H,11,12);/q-2;. The Balaban J connectivity index is 0.00000144. The predicted molar refractivity (Wildman–Crippen MR) is 46.6 cm³/mol. The first-order valence-corrected chi connectivity index (χ1v) is 3.59. The van der Waals surface area contributed by atoms with Crippen molar-refractivity contribution in [3.63, 3.8) is 0 Å². The Morgan fingerprint density at radius 2 is 1.92 bits per heavy atom. The molecule has 0 spiro atoms. The molecule has 1 rings (SSSR count). The van der Waals surface area contributed by atoms with Crippen LogP contribution in [-0.2, 0) is 37.5 Å². The Morgan fingerprint density at radius 1 is 1.38 bits per heavy atom. The Kier molecular flexibility index (Phi) is 5.27. The molecule has 1 aromatic carbocycles. The quantitative estimate of drug-likeness (QED) is 0.814.